The summed E-state index contributed by atoms with van der Waals surface area (Å²) in [4.78, 5) is 4.68. The number of aromatic nitrogens is 1. The highest BCUT2D eigenvalue weighted by atomic mass is 16.3. The van der Waals surface area contributed by atoms with Crippen LogP contribution in [0, 0.1) is 0 Å². The van der Waals surface area contributed by atoms with Crippen LogP contribution in [0.1, 0.15) is 56.4 Å². The second-order valence-corrected chi connectivity index (χ2v) is 5.01. The second-order valence-electron chi connectivity index (χ2n) is 5.01. The lowest BCUT2D eigenvalue weighted by molar-refractivity contribution is 0.373. The van der Waals surface area contributed by atoms with E-state index >= 15 is 0 Å². The Balaban J connectivity index is 2.00. The summed E-state index contributed by atoms with van der Waals surface area (Å²) in [7, 11) is 0. The van der Waals surface area contributed by atoms with Crippen LogP contribution >= 0.6 is 0 Å². The Hall–Kier alpha value is -1.31. The van der Waals surface area contributed by atoms with E-state index < -0.39 is 0 Å². The van der Waals surface area contributed by atoms with Crippen LogP contribution in [0.15, 0.2) is 22.6 Å². The first-order chi connectivity index (χ1) is 8.38. The molecule has 90 valence electrons. The monoisotopic (exact) mass is 229 g/mol. The SMILES string of the molecule is CCc1cccc2nc(C3CCCCC3)oc12. The molecule has 2 heteroatoms. The molecule has 0 aliphatic heterocycles. The Kier molecular flexibility index (Phi) is 2.87. The van der Waals surface area contributed by atoms with Crippen molar-refractivity contribution < 1.29 is 4.42 Å². The van der Waals surface area contributed by atoms with Gasteiger partial charge < -0.3 is 4.42 Å². The van der Waals surface area contributed by atoms with Crippen molar-refractivity contribution in [1.82, 2.24) is 4.98 Å². The number of benzene rings is 1. The predicted molar refractivity (Wildman–Crippen MR) is 69.2 cm³/mol. The second kappa shape index (κ2) is 4.52. The van der Waals surface area contributed by atoms with Gasteiger partial charge in [-0.05, 0) is 30.9 Å². The zero-order valence-corrected chi connectivity index (χ0v) is 10.4. The van der Waals surface area contributed by atoms with E-state index in [1.165, 1.54) is 37.7 Å². The fraction of sp³-hybridized carbons (Fsp3) is 0.533. The maximum atomic E-state index is 6.02. The van der Waals surface area contributed by atoms with Gasteiger partial charge in [-0.15, -0.1) is 0 Å². The molecule has 2 nitrogen and oxygen atoms in total. The van der Waals surface area contributed by atoms with Crippen molar-refractivity contribution in [3.8, 4) is 0 Å². The molecule has 0 amide bonds. The summed E-state index contributed by atoms with van der Waals surface area (Å²) in [6.07, 6.45) is 7.52. The van der Waals surface area contributed by atoms with E-state index in [1.54, 1.807) is 0 Å². The van der Waals surface area contributed by atoms with Crippen LogP contribution in [0.3, 0.4) is 0 Å². The summed E-state index contributed by atoms with van der Waals surface area (Å²) < 4.78 is 6.02. The Morgan fingerprint density at radius 3 is 2.82 bits per heavy atom. The van der Waals surface area contributed by atoms with Crippen LogP contribution < -0.4 is 0 Å². The van der Waals surface area contributed by atoms with Gasteiger partial charge >= 0.3 is 0 Å². The van der Waals surface area contributed by atoms with E-state index in [2.05, 4.69) is 30.1 Å². The molecule has 1 aromatic heterocycles. The van der Waals surface area contributed by atoms with Crippen molar-refractivity contribution in [2.75, 3.05) is 0 Å². The molecule has 0 N–H and O–H groups in total. The summed E-state index contributed by atoms with van der Waals surface area (Å²) in [6, 6.07) is 6.27. The highest BCUT2D eigenvalue weighted by molar-refractivity contribution is 5.76. The van der Waals surface area contributed by atoms with Gasteiger partial charge in [-0.2, -0.15) is 0 Å². The third kappa shape index (κ3) is 1.97. The number of hydrogen-bond donors (Lipinski definition) is 0. The lowest BCUT2D eigenvalue weighted by Gasteiger charge is -2.17. The predicted octanol–water partition coefficient (Wildman–Crippen LogP) is 4.44. The van der Waals surface area contributed by atoms with Crippen LogP contribution in [-0.2, 0) is 6.42 Å². The van der Waals surface area contributed by atoms with Crippen LogP contribution in [0.25, 0.3) is 11.1 Å². The number of para-hydroxylation sites is 1. The van der Waals surface area contributed by atoms with Gasteiger partial charge in [0.25, 0.3) is 0 Å². The third-order valence-corrected chi connectivity index (χ3v) is 3.85. The van der Waals surface area contributed by atoms with Crippen molar-refractivity contribution in [2.45, 2.75) is 51.4 Å². The van der Waals surface area contributed by atoms with Crippen LogP contribution in [-0.4, -0.2) is 4.98 Å². The topological polar surface area (TPSA) is 26.0 Å². The fourth-order valence-electron chi connectivity index (χ4n) is 2.83. The van der Waals surface area contributed by atoms with Crippen LogP contribution in [0.2, 0.25) is 0 Å². The van der Waals surface area contributed by atoms with Crippen molar-refractivity contribution in [2.24, 2.45) is 0 Å². The van der Waals surface area contributed by atoms with Gasteiger partial charge in [0, 0.05) is 5.92 Å². The van der Waals surface area contributed by atoms with Crippen LogP contribution in [0.4, 0.5) is 0 Å². The molecule has 1 fully saturated rings. The van der Waals surface area contributed by atoms with Gasteiger partial charge in [0.15, 0.2) is 11.5 Å². The van der Waals surface area contributed by atoms with Gasteiger partial charge in [-0.25, -0.2) is 4.98 Å². The number of fused-ring (bicyclic) bond motifs is 1. The summed E-state index contributed by atoms with van der Waals surface area (Å²) in [5, 5.41) is 0. The van der Waals surface area contributed by atoms with Gasteiger partial charge in [-0.1, -0.05) is 38.3 Å². The number of aryl methyl sites for hydroxylation is 1. The molecule has 0 radical (unpaired) electrons. The number of oxazole rings is 1. The molecule has 0 atom stereocenters. The molecule has 1 aliphatic rings. The number of hydrogen-bond acceptors (Lipinski definition) is 2. The van der Waals surface area contributed by atoms with Crippen molar-refractivity contribution >= 4 is 11.1 Å². The zero-order chi connectivity index (χ0) is 11.7. The average molecular weight is 229 g/mol. The first kappa shape index (κ1) is 10.8. The highest BCUT2D eigenvalue weighted by Crippen LogP contribution is 2.34. The van der Waals surface area contributed by atoms with Crippen molar-refractivity contribution in [1.29, 1.82) is 0 Å². The lowest BCUT2D eigenvalue weighted by Crippen LogP contribution is -2.04. The highest BCUT2D eigenvalue weighted by Gasteiger charge is 2.21. The molecule has 1 saturated carbocycles. The molecule has 1 aliphatic carbocycles. The largest absolute Gasteiger partial charge is 0.440 e. The average Bonchev–Trinajstić information content (AvgIpc) is 2.83. The molecule has 1 heterocycles. The van der Waals surface area contributed by atoms with E-state index in [4.69, 9.17) is 4.42 Å². The smallest absolute Gasteiger partial charge is 0.198 e. The van der Waals surface area contributed by atoms with Gasteiger partial charge in [0.1, 0.15) is 5.52 Å². The zero-order valence-electron chi connectivity index (χ0n) is 10.4. The molecule has 0 unspecified atom stereocenters. The van der Waals surface area contributed by atoms with E-state index in [9.17, 15) is 0 Å². The van der Waals surface area contributed by atoms with Crippen molar-refractivity contribution in [3.63, 3.8) is 0 Å². The molecule has 0 bridgehead atoms. The minimum Gasteiger partial charge on any atom is -0.440 e. The third-order valence-electron chi connectivity index (χ3n) is 3.85. The maximum absolute atomic E-state index is 6.02. The maximum Gasteiger partial charge on any atom is 0.198 e. The van der Waals surface area contributed by atoms with Gasteiger partial charge in [0.2, 0.25) is 0 Å². The summed E-state index contributed by atoms with van der Waals surface area (Å²) in [6.45, 7) is 2.16. The van der Waals surface area contributed by atoms with E-state index in [1.807, 2.05) is 0 Å². The van der Waals surface area contributed by atoms with E-state index in [0.717, 1.165) is 23.4 Å². The number of nitrogens with zero attached hydrogens (tertiary/aromatic N) is 1. The van der Waals surface area contributed by atoms with Crippen LogP contribution in [0.5, 0.6) is 0 Å². The number of rotatable bonds is 2. The summed E-state index contributed by atoms with van der Waals surface area (Å²) in [5.74, 6) is 1.53. The summed E-state index contributed by atoms with van der Waals surface area (Å²) >= 11 is 0. The molecular weight excluding hydrogens is 210 g/mol. The quantitative estimate of drug-likeness (QED) is 0.761. The first-order valence-electron chi connectivity index (χ1n) is 6.77. The molecule has 2 aromatic rings. The fourth-order valence-corrected chi connectivity index (χ4v) is 2.83. The van der Waals surface area contributed by atoms with Gasteiger partial charge in [0.05, 0.1) is 0 Å². The Labute approximate surface area is 102 Å². The standard InChI is InChI=1S/C15H19NO/c1-2-11-9-6-10-13-14(11)17-15(16-13)12-7-4-3-5-8-12/h6,9-10,12H,2-5,7-8H2,1H3. The Morgan fingerprint density at radius 2 is 2.06 bits per heavy atom. The minimum absolute atomic E-state index is 0.556. The normalized spacial score (nSPS) is 17.7. The molecular formula is C15H19NO. The first-order valence-corrected chi connectivity index (χ1v) is 6.77. The van der Waals surface area contributed by atoms with Crippen molar-refractivity contribution in [3.05, 3.63) is 29.7 Å². The summed E-state index contributed by atoms with van der Waals surface area (Å²) in [5.41, 5.74) is 3.32. The Morgan fingerprint density at radius 1 is 1.24 bits per heavy atom. The van der Waals surface area contributed by atoms with E-state index in [0.29, 0.717) is 5.92 Å². The molecule has 17 heavy (non-hydrogen) atoms. The minimum atomic E-state index is 0.556. The lowest BCUT2D eigenvalue weighted by atomic mass is 9.89. The Bertz CT molecular complexity index is 509. The molecule has 0 spiro atoms. The molecule has 3 rings (SSSR count). The van der Waals surface area contributed by atoms with E-state index in [-0.39, 0.29) is 0 Å². The van der Waals surface area contributed by atoms with Gasteiger partial charge in [-0.3, -0.25) is 0 Å². The molecule has 1 aromatic carbocycles. The molecule has 0 saturated heterocycles.